The molecule has 1 unspecified atom stereocenters. The molecule has 0 bridgehead atoms. The maximum Gasteiger partial charge on any atom is 0.306 e. The van der Waals surface area contributed by atoms with Crippen LogP contribution in [0.15, 0.2) is 0 Å². The van der Waals surface area contributed by atoms with E-state index in [9.17, 15) is 24.3 Å². The summed E-state index contributed by atoms with van der Waals surface area (Å²) in [5.74, 6) is -2.70. The molecule has 0 aliphatic heterocycles. The van der Waals surface area contributed by atoms with E-state index >= 15 is 0 Å². The molecule has 3 N–H and O–H groups in total. The number of nitrogens with one attached hydrogen (secondary N) is 1. The number of aliphatic carboxylic acids is 1. The van der Waals surface area contributed by atoms with E-state index in [1.807, 2.05) is 0 Å². The second-order valence-corrected chi connectivity index (χ2v) is 7.67. The van der Waals surface area contributed by atoms with E-state index in [4.69, 9.17) is 5.11 Å². The number of ketones is 1. The number of quaternary nitrogens is 1. The molecule has 0 aromatic heterocycles. The zero-order valence-electron chi connectivity index (χ0n) is 14.1. The Kier molecular flexibility index (Phi) is 7.89. The zero-order chi connectivity index (χ0) is 18.4. The fourth-order valence-corrected chi connectivity index (χ4v) is 2.85. The quantitative estimate of drug-likeness (QED) is 0.468. The van der Waals surface area contributed by atoms with E-state index in [-0.39, 0.29) is 21.9 Å². The van der Waals surface area contributed by atoms with Crippen LogP contribution in [0.3, 0.4) is 0 Å². The summed E-state index contributed by atoms with van der Waals surface area (Å²) in [5, 5.41) is 21.8. The third-order valence-electron chi connectivity index (χ3n) is 2.79. The van der Waals surface area contributed by atoms with Crippen molar-refractivity contribution in [3.05, 3.63) is 0 Å². The largest absolute Gasteiger partial charge is 0.481 e. The number of carboxylic acid groups (broad SMARTS) is 1. The van der Waals surface area contributed by atoms with Crippen LogP contribution in [0.5, 0.6) is 0 Å². The van der Waals surface area contributed by atoms with Crippen LogP contribution in [0.2, 0.25) is 0 Å². The number of nitrogens with zero attached hydrogens (tertiary/aromatic N) is 1. The number of Topliss-reactive ketones (excluding diaryl/α,β-unsaturated/α-hetero) is 1. The lowest BCUT2D eigenvalue weighted by molar-refractivity contribution is -0.875. The predicted molar refractivity (Wildman–Crippen MR) is 85.9 cm³/mol. The lowest BCUT2D eigenvalue weighted by Gasteiger charge is -2.35. The van der Waals surface area contributed by atoms with Gasteiger partial charge in [0.25, 0.3) is 0 Å². The maximum absolute atomic E-state index is 12.7. The van der Waals surface area contributed by atoms with Crippen LogP contribution in [0.4, 0.5) is 0 Å². The number of hydrogen-bond donors (Lipinski definition) is 3. The van der Waals surface area contributed by atoms with Crippen LogP contribution < -0.4 is 5.32 Å². The van der Waals surface area contributed by atoms with Crippen LogP contribution in [0, 0.1) is 0 Å². The minimum atomic E-state index is -2.14. The molecule has 0 fully saturated rings. The van der Waals surface area contributed by atoms with Gasteiger partial charge in [0, 0.05) is 19.6 Å². The molecule has 0 radical (unpaired) electrons. The Morgan fingerprint density at radius 1 is 1.17 bits per heavy atom. The molecule has 0 spiro atoms. The van der Waals surface area contributed by atoms with Gasteiger partial charge in [0.05, 0.1) is 27.6 Å². The third kappa shape index (κ3) is 8.68. The molecule has 0 heterocycles. The van der Waals surface area contributed by atoms with Gasteiger partial charge in [0.2, 0.25) is 5.91 Å². The second kappa shape index (κ2) is 8.42. The normalized spacial score (nSPS) is 15.4. The summed E-state index contributed by atoms with van der Waals surface area (Å²) < 4.78 is 0.155. The van der Waals surface area contributed by atoms with E-state index < -0.39 is 35.7 Å². The molecule has 0 saturated carbocycles. The fourth-order valence-electron chi connectivity index (χ4n) is 2.21. The number of thioether (sulfide) groups is 1. The Bertz CT molecular complexity index is 488. The standard InChI is InChI=1S/C14H24N2O6S/c1-9(17)15-11(7-23-10(2)18)13(21)14(22,6-12(19)20)8-16(3,4)5/h11,22H,6-8H2,1-5H3,(H-,15,17,19,20)/p+1/t11-,14?/m0/s1. The van der Waals surface area contributed by atoms with Crippen molar-refractivity contribution < 1.29 is 33.9 Å². The first kappa shape index (κ1) is 21.6. The molecule has 9 heteroatoms. The smallest absolute Gasteiger partial charge is 0.306 e. The highest BCUT2D eigenvalue weighted by Gasteiger charge is 2.46. The summed E-state index contributed by atoms with van der Waals surface area (Å²) in [5.41, 5.74) is -2.14. The Balaban J connectivity index is 5.50. The molecule has 132 valence electrons. The zero-order valence-corrected chi connectivity index (χ0v) is 14.9. The molecule has 0 aliphatic rings. The van der Waals surface area contributed by atoms with Crippen LogP contribution in [0.25, 0.3) is 0 Å². The van der Waals surface area contributed by atoms with Crippen LogP contribution in [-0.2, 0) is 19.2 Å². The Morgan fingerprint density at radius 3 is 2.04 bits per heavy atom. The van der Waals surface area contributed by atoms with Crippen molar-refractivity contribution in [1.82, 2.24) is 5.32 Å². The number of likely N-dealkylation sites (N-methyl/N-ethyl adjacent to an activating group) is 1. The van der Waals surface area contributed by atoms with Crippen LogP contribution >= 0.6 is 11.8 Å². The molecule has 0 rings (SSSR count). The van der Waals surface area contributed by atoms with E-state index in [0.717, 1.165) is 11.8 Å². The molecule has 0 aromatic carbocycles. The molecule has 23 heavy (non-hydrogen) atoms. The van der Waals surface area contributed by atoms with Crippen LogP contribution in [0.1, 0.15) is 20.3 Å². The highest BCUT2D eigenvalue weighted by Crippen LogP contribution is 2.20. The van der Waals surface area contributed by atoms with Gasteiger partial charge in [-0.15, -0.1) is 0 Å². The van der Waals surface area contributed by atoms with Crippen molar-refractivity contribution in [1.29, 1.82) is 0 Å². The van der Waals surface area contributed by atoms with E-state index in [1.165, 1.54) is 13.8 Å². The monoisotopic (exact) mass is 349 g/mol. The van der Waals surface area contributed by atoms with Gasteiger partial charge in [-0.05, 0) is 0 Å². The highest BCUT2D eigenvalue weighted by molar-refractivity contribution is 8.13. The first-order valence-corrected chi connectivity index (χ1v) is 7.95. The average molecular weight is 349 g/mol. The van der Waals surface area contributed by atoms with Crippen molar-refractivity contribution in [2.24, 2.45) is 0 Å². The SMILES string of the molecule is CC(=O)N[C@@H](CSC(C)=O)C(=O)C(O)(CC(=O)O)C[N+](C)(C)C. The molecular weight excluding hydrogens is 324 g/mol. The number of hydrogen-bond acceptors (Lipinski definition) is 6. The fraction of sp³-hybridized carbons (Fsp3) is 0.714. The lowest BCUT2D eigenvalue weighted by Crippen LogP contribution is -2.60. The molecular formula is C14H25N2O6S+. The molecule has 8 nitrogen and oxygen atoms in total. The molecule has 0 aromatic rings. The number of carbonyl (C=O) groups excluding carboxylic acids is 3. The van der Waals surface area contributed by atoms with Crippen molar-refractivity contribution in [2.45, 2.75) is 31.9 Å². The Hall–Kier alpha value is -1.45. The van der Waals surface area contributed by atoms with Gasteiger partial charge in [0.1, 0.15) is 12.6 Å². The molecule has 0 aliphatic carbocycles. The Morgan fingerprint density at radius 2 is 1.70 bits per heavy atom. The summed E-state index contributed by atoms with van der Waals surface area (Å²) in [7, 11) is 5.12. The van der Waals surface area contributed by atoms with Crippen molar-refractivity contribution >= 4 is 34.5 Å². The lowest BCUT2D eigenvalue weighted by atomic mass is 9.89. The average Bonchev–Trinajstić information content (AvgIpc) is 2.29. The number of rotatable bonds is 9. The first-order valence-electron chi connectivity index (χ1n) is 6.96. The summed E-state index contributed by atoms with van der Waals surface area (Å²) in [6, 6.07) is -1.14. The van der Waals surface area contributed by atoms with Gasteiger partial charge in [-0.25, -0.2) is 0 Å². The van der Waals surface area contributed by atoms with Gasteiger partial charge in [0.15, 0.2) is 16.5 Å². The van der Waals surface area contributed by atoms with Crippen molar-refractivity contribution in [2.75, 3.05) is 33.4 Å². The molecule has 2 atom stereocenters. The van der Waals surface area contributed by atoms with Gasteiger partial charge in [-0.2, -0.15) is 0 Å². The maximum atomic E-state index is 12.7. The van der Waals surface area contributed by atoms with Gasteiger partial charge >= 0.3 is 5.97 Å². The van der Waals surface area contributed by atoms with Crippen LogP contribution in [-0.4, -0.2) is 82.6 Å². The van der Waals surface area contributed by atoms with Crippen molar-refractivity contribution in [3.63, 3.8) is 0 Å². The summed E-state index contributed by atoms with van der Waals surface area (Å²) >= 11 is 0.825. The van der Waals surface area contributed by atoms with Crippen molar-refractivity contribution in [3.8, 4) is 0 Å². The van der Waals surface area contributed by atoms with Gasteiger partial charge in [-0.1, -0.05) is 11.8 Å². The third-order valence-corrected chi connectivity index (χ3v) is 3.69. The summed E-state index contributed by atoms with van der Waals surface area (Å²) in [6.07, 6.45) is -0.776. The van der Waals surface area contributed by atoms with Gasteiger partial charge < -0.3 is 20.0 Å². The Labute approximate surface area is 139 Å². The summed E-state index contributed by atoms with van der Waals surface area (Å²) in [4.78, 5) is 46.1. The molecule has 1 amide bonds. The molecule has 0 saturated heterocycles. The summed E-state index contributed by atoms with van der Waals surface area (Å²) in [6.45, 7) is 2.38. The number of carboxylic acids is 1. The minimum absolute atomic E-state index is 0.0627. The predicted octanol–water partition coefficient (Wildman–Crippen LogP) is -0.748. The van der Waals surface area contributed by atoms with E-state index in [1.54, 1.807) is 21.1 Å². The first-order chi connectivity index (χ1) is 10.3. The highest BCUT2D eigenvalue weighted by atomic mass is 32.2. The number of aliphatic hydroxyl groups is 1. The van der Waals surface area contributed by atoms with E-state index in [0.29, 0.717) is 0 Å². The van der Waals surface area contributed by atoms with Gasteiger partial charge in [-0.3, -0.25) is 19.2 Å². The van der Waals surface area contributed by atoms with E-state index in [2.05, 4.69) is 5.32 Å². The number of carbonyl (C=O) groups is 4. The number of amides is 1. The minimum Gasteiger partial charge on any atom is -0.481 e. The topological polar surface area (TPSA) is 121 Å². The second-order valence-electron chi connectivity index (χ2n) is 6.47.